The molecule has 5 rings (SSSR count). The van der Waals surface area contributed by atoms with E-state index in [1.165, 1.54) is 0 Å². The van der Waals surface area contributed by atoms with E-state index in [-0.39, 0.29) is 0 Å². The molecule has 23 heavy (non-hydrogen) atoms. The monoisotopic (exact) mass is 297 g/mol. The lowest BCUT2D eigenvalue weighted by molar-refractivity contribution is 0.666. The fourth-order valence-electron chi connectivity index (χ4n) is 3.08. The molecule has 0 aliphatic rings. The van der Waals surface area contributed by atoms with Crippen molar-refractivity contribution in [1.29, 1.82) is 0 Å². The summed E-state index contributed by atoms with van der Waals surface area (Å²) < 4.78 is 5.90. The summed E-state index contributed by atoms with van der Waals surface area (Å²) >= 11 is 0. The van der Waals surface area contributed by atoms with E-state index in [0.29, 0.717) is 0 Å². The number of aromatic nitrogens is 3. The normalized spacial score (nSPS) is 11.5. The van der Waals surface area contributed by atoms with Gasteiger partial charge in [-0.25, -0.2) is 0 Å². The number of rotatable bonds is 1. The van der Waals surface area contributed by atoms with Crippen LogP contribution in [0.3, 0.4) is 0 Å². The highest BCUT2D eigenvalue weighted by atomic mass is 16.3. The molecule has 4 aromatic heterocycles. The molecule has 1 aromatic carbocycles. The molecule has 0 saturated carbocycles. The van der Waals surface area contributed by atoms with E-state index in [2.05, 4.69) is 33.2 Å². The van der Waals surface area contributed by atoms with E-state index in [9.17, 15) is 0 Å². The lowest BCUT2D eigenvalue weighted by Crippen LogP contribution is -1.88. The summed E-state index contributed by atoms with van der Waals surface area (Å²) in [5.41, 5.74) is 4.42. The van der Waals surface area contributed by atoms with E-state index in [4.69, 9.17) is 4.42 Å². The molecule has 0 atom stereocenters. The molecule has 0 bridgehead atoms. The minimum absolute atomic E-state index is 0.768. The predicted octanol–water partition coefficient (Wildman–Crippen LogP) is 4.59. The van der Waals surface area contributed by atoms with Gasteiger partial charge in [0.25, 0.3) is 0 Å². The summed E-state index contributed by atoms with van der Waals surface area (Å²) in [6, 6.07) is 14.0. The van der Waals surface area contributed by atoms with Crippen molar-refractivity contribution in [2.45, 2.75) is 0 Å². The Morgan fingerprint density at radius 3 is 2.74 bits per heavy atom. The van der Waals surface area contributed by atoms with Gasteiger partial charge in [0.1, 0.15) is 5.58 Å². The highest BCUT2D eigenvalue weighted by Gasteiger charge is 2.15. The first-order valence-corrected chi connectivity index (χ1v) is 7.37. The van der Waals surface area contributed by atoms with Crippen LogP contribution in [0, 0.1) is 0 Å². The van der Waals surface area contributed by atoms with Crippen LogP contribution in [0.15, 0.2) is 71.7 Å². The highest BCUT2D eigenvalue weighted by Crippen LogP contribution is 2.36. The zero-order valence-electron chi connectivity index (χ0n) is 12.1. The number of nitrogens with zero attached hydrogens (tertiary/aromatic N) is 3. The van der Waals surface area contributed by atoms with Crippen molar-refractivity contribution in [3.05, 3.63) is 67.3 Å². The van der Waals surface area contributed by atoms with Gasteiger partial charge in [-0.1, -0.05) is 24.3 Å². The fraction of sp³-hybridized carbons (Fsp3) is 0. The quantitative estimate of drug-likeness (QED) is 0.454. The maximum Gasteiger partial charge on any atom is 0.153 e. The van der Waals surface area contributed by atoms with Crippen LogP contribution in [-0.4, -0.2) is 15.0 Å². The van der Waals surface area contributed by atoms with Crippen LogP contribution in [0.25, 0.3) is 44.1 Å². The van der Waals surface area contributed by atoms with Gasteiger partial charge in [0.15, 0.2) is 5.58 Å². The first kappa shape index (κ1) is 12.3. The highest BCUT2D eigenvalue weighted by molar-refractivity contribution is 6.13. The molecule has 0 N–H and O–H groups in total. The Hall–Kier alpha value is -3.27. The average Bonchev–Trinajstić information content (AvgIpc) is 3.00. The molecule has 0 aliphatic carbocycles. The Kier molecular flexibility index (Phi) is 2.46. The first-order valence-electron chi connectivity index (χ1n) is 7.37. The van der Waals surface area contributed by atoms with Crippen LogP contribution in [-0.2, 0) is 0 Å². The van der Waals surface area contributed by atoms with Crippen molar-refractivity contribution in [1.82, 2.24) is 15.0 Å². The minimum Gasteiger partial charge on any atom is -0.454 e. The second-order valence-electron chi connectivity index (χ2n) is 5.39. The molecule has 4 heterocycles. The second-order valence-corrected chi connectivity index (χ2v) is 5.39. The molecular weight excluding hydrogens is 286 g/mol. The number of hydrogen-bond donors (Lipinski definition) is 0. The molecular formula is C19H11N3O. The summed E-state index contributed by atoms with van der Waals surface area (Å²) in [6.07, 6.45) is 7.09. The molecule has 0 amide bonds. The summed E-state index contributed by atoms with van der Waals surface area (Å²) in [5.74, 6) is 0. The summed E-state index contributed by atoms with van der Waals surface area (Å²) in [5, 5.41) is 3.12. The van der Waals surface area contributed by atoms with Crippen molar-refractivity contribution in [3.63, 3.8) is 0 Å². The second kappa shape index (κ2) is 4.61. The summed E-state index contributed by atoms with van der Waals surface area (Å²) in [4.78, 5) is 13.3. The summed E-state index contributed by atoms with van der Waals surface area (Å²) in [6.45, 7) is 0. The Morgan fingerprint density at radius 2 is 1.74 bits per heavy atom. The topological polar surface area (TPSA) is 51.8 Å². The maximum atomic E-state index is 5.90. The lowest BCUT2D eigenvalue weighted by atomic mass is 10.0. The van der Waals surface area contributed by atoms with Gasteiger partial charge in [0.05, 0.1) is 22.8 Å². The van der Waals surface area contributed by atoms with E-state index >= 15 is 0 Å². The van der Waals surface area contributed by atoms with Crippen LogP contribution >= 0.6 is 0 Å². The van der Waals surface area contributed by atoms with Gasteiger partial charge in [0.2, 0.25) is 0 Å². The van der Waals surface area contributed by atoms with E-state index in [0.717, 1.165) is 44.1 Å². The van der Waals surface area contributed by atoms with Crippen molar-refractivity contribution in [3.8, 4) is 11.3 Å². The molecule has 0 unspecified atom stereocenters. The van der Waals surface area contributed by atoms with E-state index < -0.39 is 0 Å². The van der Waals surface area contributed by atoms with Gasteiger partial charge < -0.3 is 4.42 Å². The van der Waals surface area contributed by atoms with Gasteiger partial charge in [-0.15, -0.1) is 0 Å². The van der Waals surface area contributed by atoms with Crippen LogP contribution in [0.1, 0.15) is 0 Å². The van der Waals surface area contributed by atoms with Gasteiger partial charge in [-0.2, -0.15) is 0 Å². The van der Waals surface area contributed by atoms with Crippen molar-refractivity contribution < 1.29 is 4.42 Å². The van der Waals surface area contributed by atoms with Crippen LogP contribution in [0.4, 0.5) is 0 Å². The third kappa shape index (κ3) is 1.75. The maximum absolute atomic E-state index is 5.90. The third-order valence-corrected chi connectivity index (χ3v) is 4.07. The van der Waals surface area contributed by atoms with Gasteiger partial charge >= 0.3 is 0 Å². The van der Waals surface area contributed by atoms with Crippen molar-refractivity contribution in [2.24, 2.45) is 0 Å². The number of pyridine rings is 3. The number of fused-ring (bicyclic) bond motifs is 4. The standard InChI is InChI=1S/C19H11N3O/c1-3-12-4-2-8-21-18(12)14(5-1)19-17-13-6-9-20-11-16(13)23-15(17)7-10-22-19/h1-11H. The Bertz CT molecular complexity index is 1170. The molecule has 0 saturated heterocycles. The zero-order valence-corrected chi connectivity index (χ0v) is 12.1. The number of para-hydroxylation sites is 1. The van der Waals surface area contributed by atoms with Crippen molar-refractivity contribution in [2.75, 3.05) is 0 Å². The number of hydrogen-bond acceptors (Lipinski definition) is 4. The smallest absolute Gasteiger partial charge is 0.153 e. The lowest BCUT2D eigenvalue weighted by Gasteiger charge is -2.06. The molecule has 4 nitrogen and oxygen atoms in total. The van der Waals surface area contributed by atoms with E-state index in [1.807, 2.05) is 30.5 Å². The first-order chi connectivity index (χ1) is 11.4. The van der Waals surface area contributed by atoms with Gasteiger partial charge in [-0.3, -0.25) is 15.0 Å². The SMILES string of the molecule is c1cnc2c(-c3nccc4oc5cnccc5c34)cccc2c1. The van der Waals surface area contributed by atoms with Gasteiger partial charge in [-0.05, 0) is 18.2 Å². The Balaban J connectivity index is 1.96. The fourth-order valence-corrected chi connectivity index (χ4v) is 3.08. The van der Waals surface area contributed by atoms with Crippen molar-refractivity contribution >= 4 is 32.8 Å². The Labute approximate surface area is 131 Å². The van der Waals surface area contributed by atoms with Gasteiger partial charge in [0, 0.05) is 34.9 Å². The third-order valence-electron chi connectivity index (χ3n) is 4.07. The molecule has 0 spiro atoms. The van der Waals surface area contributed by atoms with Crippen LogP contribution in [0.2, 0.25) is 0 Å². The van der Waals surface area contributed by atoms with Crippen LogP contribution in [0.5, 0.6) is 0 Å². The average molecular weight is 297 g/mol. The predicted molar refractivity (Wildman–Crippen MR) is 90.0 cm³/mol. The number of benzene rings is 1. The molecule has 0 fully saturated rings. The summed E-state index contributed by atoms with van der Waals surface area (Å²) in [7, 11) is 0. The zero-order chi connectivity index (χ0) is 15.2. The number of furan rings is 1. The Morgan fingerprint density at radius 1 is 0.783 bits per heavy atom. The molecule has 108 valence electrons. The minimum atomic E-state index is 0.768. The largest absolute Gasteiger partial charge is 0.454 e. The van der Waals surface area contributed by atoms with E-state index in [1.54, 1.807) is 18.6 Å². The molecule has 0 radical (unpaired) electrons. The molecule has 0 aliphatic heterocycles. The molecule has 4 heteroatoms. The van der Waals surface area contributed by atoms with Crippen LogP contribution < -0.4 is 0 Å². The molecule has 5 aromatic rings.